The van der Waals surface area contributed by atoms with Crippen LogP contribution >= 0.6 is 0 Å². The number of sulfonamides is 1. The quantitative estimate of drug-likeness (QED) is 0.922. The Morgan fingerprint density at radius 3 is 2.78 bits per heavy atom. The van der Waals surface area contributed by atoms with E-state index in [1.807, 2.05) is 0 Å². The molecule has 2 fully saturated rings. The van der Waals surface area contributed by atoms with E-state index in [0.29, 0.717) is 30.1 Å². The summed E-state index contributed by atoms with van der Waals surface area (Å²) in [6.45, 7) is 2.71. The third-order valence-corrected chi connectivity index (χ3v) is 6.64. The van der Waals surface area contributed by atoms with Gasteiger partial charge in [-0.3, -0.25) is 9.10 Å². The standard InChI is InChI=1S/C17H24N2O3S/c1-13-5-2-7-15(11-13)18-17(20)14-6-3-8-16(12-14)19-9-4-10-23(19,21)22/h3,6,8,12-13,15H,2,4-5,7,9-11H2,1H3,(H,18,20)/t13-,15+/m0/s1. The van der Waals surface area contributed by atoms with Gasteiger partial charge in [-0.05, 0) is 43.4 Å². The zero-order valence-corrected chi connectivity index (χ0v) is 14.3. The number of hydrogen-bond acceptors (Lipinski definition) is 3. The smallest absolute Gasteiger partial charge is 0.251 e. The lowest BCUT2D eigenvalue weighted by Gasteiger charge is -2.27. The molecule has 0 spiro atoms. The maximum Gasteiger partial charge on any atom is 0.251 e. The molecule has 1 aromatic rings. The topological polar surface area (TPSA) is 66.5 Å². The minimum Gasteiger partial charge on any atom is -0.349 e. The van der Waals surface area contributed by atoms with Crippen LogP contribution in [-0.4, -0.2) is 32.7 Å². The summed E-state index contributed by atoms with van der Waals surface area (Å²) in [5, 5.41) is 3.10. The lowest BCUT2D eigenvalue weighted by atomic mass is 9.87. The van der Waals surface area contributed by atoms with Crippen molar-refractivity contribution in [3.05, 3.63) is 29.8 Å². The number of anilines is 1. The van der Waals surface area contributed by atoms with E-state index in [1.54, 1.807) is 24.3 Å². The summed E-state index contributed by atoms with van der Waals surface area (Å²) < 4.78 is 25.5. The van der Waals surface area contributed by atoms with E-state index in [1.165, 1.54) is 10.7 Å². The summed E-state index contributed by atoms with van der Waals surface area (Å²) in [4.78, 5) is 12.5. The first-order chi connectivity index (χ1) is 11.0. The molecule has 1 aromatic carbocycles. The summed E-state index contributed by atoms with van der Waals surface area (Å²) in [5.74, 6) is 0.723. The molecule has 3 rings (SSSR count). The fraction of sp³-hybridized carbons (Fsp3) is 0.588. The number of nitrogens with zero attached hydrogens (tertiary/aromatic N) is 1. The van der Waals surface area contributed by atoms with Crippen molar-refractivity contribution in [3.63, 3.8) is 0 Å². The Kier molecular flexibility index (Phi) is 4.62. The molecule has 23 heavy (non-hydrogen) atoms. The molecule has 1 aliphatic carbocycles. The molecule has 0 radical (unpaired) electrons. The van der Waals surface area contributed by atoms with Gasteiger partial charge in [0.1, 0.15) is 0 Å². The molecule has 6 heteroatoms. The Morgan fingerprint density at radius 1 is 1.26 bits per heavy atom. The van der Waals surface area contributed by atoms with Gasteiger partial charge in [-0.2, -0.15) is 0 Å². The van der Waals surface area contributed by atoms with Crippen LogP contribution in [0.3, 0.4) is 0 Å². The van der Waals surface area contributed by atoms with Crippen LogP contribution in [0.4, 0.5) is 5.69 Å². The number of rotatable bonds is 3. The molecule has 1 aliphatic heterocycles. The van der Waals surface area contributed by atoms with Crippen LogP contribution in [0, 0.1) is 5.92 Å². The van der Waals surface area contributed by atoms with Gasteiger partial charge in [-0.15, -0.1) is 0 Å². The van der Waals surface area contributed by atoms with Gasteiger partial charge in [-0.1, -0.05) is 25.8 Å². The van der Waals surface area contributed by atoms with Gasteiger partial charge in [0.25, 0.3) is 5.91 Å². The Labute approximate surface area is 138 Å². The van der Waals surface area contributed by atoms with E-state index >= 15 is 0 Å². The minimum absolute atomic E-state index is 0.109. The Bertz CT molecular complexity index is 687. The van der Waals surface area contributed by atoms with Crippen LogP contribution in [0.15, 0.2) is 24.3 Å². The molecule has 1 saturated carbocycles. The Hall–Kier alpha value is -1.56. The molecule has 1 amide bonds. The van der Waals surface area contributed by atoms with Crippen molar-refractivity contribution in [3.8, 4) is 0 Å². The van der Waals surface area contributed by atoms with Crippen molar-refractivity contribution in [2.45, 2.75) is 45.1 Å². The summed E-state index contributed by atoms with van der Waals surface area (Å²) >= 11 is 0. The third kappa shape index (κ3) is 3.68. The highest BCUT2D eigenvalue weighted by Gasteiger charge is 2.29. The zero-order chi connectivity index (χ0) is 16.4. The van der Waals surface area contributed by atoms with Crippen molar-refractivity contribution in [1.82, 2.24) is 5.32 Å². The molecular weight excluding hydrogens is 312 g/mol. The van der Waals surface area contributed by atoms with Crippen LogP contribution in [0.25, 0.3) is 0 Å². The van der Waals surface area contributed by atoms with Gasteiger partial charge in [0.05, 0.1) is 11.4 Å². The zero-order valence-electron chi connectivity index (χ0n) is 13.5. The predicted molar refractivity (Wildman–Crippen MR) is 91.1 cm³/mol. The lowest BCUT2D eigenvalue weighted by molar-refractivity contribution is 0.0921. The summed E-state index contributed by atoms with van der Waals surface area (Å²) in [5.41, 5.74) is 1.12. The minimum atomic E-state index is -3.22. The summed E-state index contributed by atoms with van der Waals surface area (Å²) in [7, 11) is -3.22. The maximum atomic E-state index is 12.5. The average molecular weight is 336 g/mol. The first-order valence-corrected chi connectivity index (χ1v) is 9.98. The van der Waals surface area contributed by atoms with Gasteiger partial charge in [-0.25, -0.2) is 8.42 Å². The SMILES string of the molecule is C[C@H]1CCC[C@@H](NC(=O)c2cccc(N3CCCS3(=O)=O)c2)C1. The first-order valence-electron chi connectivity index (χ1n) is 8.37. The monoisotopic (exact) mass is 336 g/mol. The molecule has 1 heterocycles. The third-order valence-electron chi connectivity index (χ3n) is 4.77. The second kappa shape index (κ2) is 6.51. The Balaban J connectivity index is 1.73. The number of amides is 1. The van der Waals surface area contributed by atoms with Gasteiger partial charge in [0.2, 0.25) is 10.0 Å². The number of benzene rings is 1. The van der Waals surface area contributed by atoms with Crippen LogP contribution in [0.2, 0.25) is 0 Å². The van der Waals surface area contributed by atoms with Crippen LogP contribution < -0.4 is 9.62 Å². The fourth-order valence-electron chi connectivity index (χ4n) is 3.57. The van der Waals surface area contributed by atoms with Crippen molar-refractivity contribution >= 4 is 21.6 Å². The molecule has 126 valence electrons. The van der Waals surface area contributed by atoms with Gasteiger partial charge in [0.15, 0.2) is 0 Å². The van der Waals surface area contributed by atoms with Crippen LogP contribution in [0.1, 0.15) is 49.4 Å². The van der Waals surface area contributed by atoms with E-state index in [-0.39, 0.29) is 17.7 Å². The van der Waals surface area contributed by atoms with E-state index < -0.39 is 10.0 Å². The molecule has 0 unspecified atom stereocenters. The highest BCUT2D eigenvalue weighted by Crippen LogP contribution is 2.26. The number of carbonyl (C=O) groups excluding carboxylic acids is 1. The van der Waals surface area contributed by atoms with E-state index in [9.17, 15) is 13.2 Å². The molecule has 0 bridgehead atoms. The highest BCUT2D eigenvalue weighted by atomic mass is 32.2. The summed E-state index contributed by atoms with van der Waals surface area (Å²) in [6, 6.07) is 7.16. The normalized spacial score (nSPS) is 26.9. The predicted octanol–water partition coefficient (Wildman–Crippen LogP) is 2.54. The van der Waals surface area contributed by atoms with E-state index in [0.717, 1.165) is 19.3 Å². The maximum absolute atomic E-state index is 12.5. The van der Waals surface area contributed by atoms with E-state index in [4.69, 9.17) is 0 Å². The van der Waals surface area contributed by atoms with Crippen LogP contribution in [-0.2, 0) is 10.0 Å². The van der Waals surface area contributed by atoms with Crippen molar-refractivity contribution in [2.24, 2.45) is 5.92 Å². The second-order valence-corrected chi connectivity index (χ2v) is 8.75. The molecule has 1 N–H and O–H groups in total. The lowest BCUT2D eigenvalue weighted by Crippen LogP contribution is -2.38. The molecule has 0 aromatic heterocycles. The summed E-state index contributed by atoms with van der Waals surface area (Å²) in [6.07, 6.45) is 5.06. The number of hydrogen-bond donors (Lipinski definition) is 1. The highest BCUT2D eigenvalue weighted by molar-refractivity contribution is 7.93. The molecule has 2 aliphatic rings. The number of nitrogens with one attached hydrogen (secondary N) is 1. The van der Waals surface area contributed by atoms with Gasteiger partial charge >= 0.3 is 0 Å². The fourth-order valence-corrected chi connectivity index (χ4v) is 5.12. The molecular formula is C17H24N2O3S. The largest absolute Gasteiger partial charge is 0.349 e. The van der Waals surface area contributed by atoms with E-state index in [2.05, 4.69) is 12.2 Å². The van der Waals surface area contributed by atoms with Gasteiger partial charge in [0, 0.05) is 18.2 Å². The molecule has 2 atom stereocenters. The van der Waals surface area contributed by atoms with Crippen LogP contribution in [0.5, 0.6) is 0 Å². The molecule has 5 nitrogen and oxygen atoms in total. The van der Waals surface area contributed by atoms with Gasteiger partial charge < -0.3 is 5.32 Å². The molecule has 1 saturated heterocycles. The van der Waals surface area contributed by atoms with Crippen molar-refractivity contribution in [2.75, 3.05) is 16.6 Å². The van der Waals surface area contributed by atoms with Crippen molar-refractivity contribution in [1.29, 1.82) is 0 Å². The number of carbonyl (C=O) groups is 1. The second-order valence-electron chi connectivity index (χ2n) is 6.73. The first kappa shape index (κ1) is 16.3. The van der Waals surface area contributed by atoms with Crippen molar-refractivity contribution < 1.29 is 13.2 Å². The average Bonchev–Trinajstić information content (AvgIpc) is 2.87. The Morgan fingerprint density at radius 2 is 2.09 bits per heavy atom.